The lowest BCUT2D eigenvalue weighted by Gasteiger charge is -2.26. The van der Waals surface area contributed by atoms with Crippen molar-refractivity contribution in [3.05, 3.63) is 94.0 Å². The third-order valence-electron chi connectivity index (χ3n) is 6.51. The number of hydrogen-bond acceptors (Lipinski definition) is 4. The Bertz CT molecular complexity index is 1320. The zero-order valence-electron chi connectivity index (χ0n) is 20.7. The molecule has 4 rings (SSSR count). The number of hydrogen-bond donors (Lipinski definition) is 1. The quantitative estimate of drug-likeness (QED) is 0.424. The molecule has 1 amide bonds. The average molecular weight is 526 g/mol. The van der Waals surface area contributed by atoms with E-state index in [2.05, 4.69) is 16.3 Å². The van der Waals surface area contributed by atoms with Gasteiger partial charge in [0.1, 0.15) is 6.54 Å². The maximum Gasteiger partial charge on any atom is 0.264 e. The molecule has 3 aromatic rings. The van der Waals surface area contributed by atoms with Crippen LogP contribution in [0.4, 0.5) is 5.69 Å². The first kappa shape index (κ1) is 26.2. The van der Waals surface area contributed by atoms with Crippen molar-refractivity contribution in [1.82, 2.24) is 10.2 Å². The molecular formula is C28H32ClN3O3S. The summed E-state index contributed by atoms with van der Waals surface area (Å²) < 4.78 is 28.5. The van der Waals surface area contributed by atoms with E-state index in [1.807, 2.05) is 25.1 Å². The molecule has 1 aliphatic heterocycles. The Morgan fingerprint density at radius 3 is 2.31 bits per heavy atom. The third kappa shape index (κ3) is 6.27. The Morgan fingerprint density at radius 1 is 0.972 bits per heavy atom. The number of rotatable bonds is 9. The van der Waals surface area contributed by atoms with Gasteiger partial charge in [0.25, 0.3) is 10.0 Å². The molecule has 190 valence electrons. The van der Waals surface area contributed by atoms with Gasteiger partial charge in [-0.3, -0.25) is 14.0 Å². The van der Waals surface area contributed by atoms with Crippen molar-refractivity contribution in [3.63, 3.8) is 0 Å². The third-order valence-corrected chi connectivity index (χ3v) is 8.52. The van der Waals surface area contributed by atoms with E-state index in [1.165, 1.54) is 18.4 Å². The van der Waals surface area contributed by atoms with Crippen molar-refractivity contribution < 1.29 is 13.2 Å². The van der Waals surface area contributed by atoms with Gasteiger partial charge in [-0.05, 0) is 86.8 Å². The van der Waals surface area contributed by atoms with Crippen molar-refractivity contribution in [2.75, 3.05) is 23.9 Å². The number of anilines is 1. The van der Waals surface area contributed by atoms with E-state index in [1.54, 1.807) is 49.4 Å². The monoisotopic (exact) mass is 525 g/mol. The molecule has 36 heavy (non-hydrogen) atoms. The van der Waals surface area contributed by atoms with Gasteiger partial charge in [-0.25, -0.2) is 8.42 Å². The summed E-state index contributed by atoms with van der Waals surface area (Å²) in [4.78, 5) is 15.7. The van der Waals surface area contributed by atoms with Gasteiger partial charge in [0.15, 0.2) is 0 Å². The van der Waals surface area contributed by atoms with Gasteiger partial charge < -0.3 is 5.32 Å². The Balaban J connectivity index is 1.55. The summed E-state index contributed by atoms with van der Waals surface area (Å²) in [7, 11) is -3.99. The maximum absolute atomic E-state index is 13.6. The summed E-state index contributed by atoms with van der Waals surface area (Å²) in [6, 6.07) is 19.7. The minimum absolute atomic E-state index is 0.131. The number of benzene rings is 3. The highest BCUT2D eigenvalue weighted by Gasteiger charge is 2.28. The summed E-state index contributed by atoms with van der Waals surface area (Å²) in [6.45, 7) is 6.70. The van der Waals surface area contributed by atoms with Crippen molar-refractivity contribution >= 4 is 33.2 Å². The van der Waals surface area contributed by atoms with Crippen molar-refractivity contribution in [2.45, 2.75) is 44.7 Å². The van der Waals surface area contributed by atoms with Gasteiger partial charge in [0, 0.05) is 18.1 Å². The number of nitrogens with one attached hydrogen (secondary N) is 1. The molecule has 0 spiro atoms. The highest BCUT2D eigenvalue weighted by atomic mass is 35.5. The van der Waals surface area contributed by atoms with E-state index in [4.69, 9.17) is 11.6 Å². The van der Waals surface area contributed by atoms with Crippen LogP contribution in [-0.4, -0.2) is 38.9 Å². The lowest BCUT2D eigenvalue weighted by Crippen LogP contribution is -2.41. The molecule has 1 saturated heterocycles. The molecule has 6 nitrogen and oxygen atoms in total. The SMILES string of the molecule is Cc1ccc(S(=O)(=O)N(CC(=O)NCc2ccccc2CN2CCCC2)c2ccc(Cl)cc2C)cc1. The first-order chi connectivity index (χ1) is 17.2. The Morgan fingerprint density at radius 2 is 1.64 bits per heavy atom. The summed E-state index contributed by atoms with van der Waals surface area (Å²) in [5, 5.41) is 3.44. The molecule has 0 bridgehead atoms. The number of nitrogens with zero attached hydrogens (tertiary/aromatic N) is 2. The predicted octanol–water partition coefficient (Wildman–Crippen LogP) is 5.06. The zero-order chi connectivity index (χ0) is 25.7. The molecule has 0 unspecified atom stereocenters. The maximum atomic E-state index is 13.6. The van der Waals surface area contributed by atoms with E-state index in [9.17, 15) is 13.2 Å². The van der Waals surface area contributed by atoms with Crippen LogP contribution in [0, 0.1) is 13.8 Å². The molecule has 0 aliphatic carbocycles. The molecular weight excluding hydrogens is 494 g/mol. The molecule has 1 heterocycles. The van der Waals surface area contributed by atoms with Crippen LogP contribution >= 0.6 is 11.6 Å². The molecule has 0 saturated carbocycles. The van der Waals surface area contributed by atoms with E-state index in [-0.39, 0.29) is 17.3 Å². The van der Waals surface area contributed by atoms with Gasteiger partial charge in [0.2, 0.25) is 5.91 Å². The van der Waals surface area contributed by atoms with Gasteiger partial charge in [-0.15, -0.1) is 0 Å². The summed E-state index contributed by atoms with van der Waals surface area (Å²) in [6.07, 6.45) is 2.43. The van der Waals surface area contributed by atoms with Crippen LogP contribution in [-0.2, 0) is 27.9 Å². The molecule has 8 heteroatoms. The minimum Gasteiger partial charge on any atom is -0.350 e. The average Bonchev–Trinajstić information content (AvgIpc) is 3.36. The second kappa shape index (κ2) is 11.5. The van der Waals surface area contributed by atoms with E-state index in [0.29, 0.717) is 22.8 Å². The van der Waals surface area contributed by atoms with Crippen LogP contribution in [0.5, 0.6) is 0 Å². The molecule has 1 aliphatic rings. The van der Waals surface area contributed by atoms with Gasteiger partial charge in [-0.1, -0.05) is 53.6 Å². The smallest absolute Gasteiger partial charge is 0.264 e. The predicted molar refractivity (Wildman–Crippen MR) is 145 cm³/mol. The Hall–Kier alpha value is -2.87. The van der Waals surface area contributed by atoms with Gasteiger partial charge in [0.05, 0.1) is 10.6 Å². The molecule has 3 aromatic carbocycles. The first-order valence-corrected chi connectivity index (χ1v) is 14.0. The summed E-state index contributed by atoms with van der Waals surface area (Å²) >= 11 is 6.12. The topological polar surface area (TPSA) is 69.7 Å². The number of carbonyl (C=O) groups excluding carboxylic acids is 1. The molecule has 0 aromatic heterocycles. The zero-order valence-corrected chi connectivity index (χ0v) is 22.3. The number of amides is 1. The van der Waals surface area contributed by atoms with Crippen molar-refractivity contribution in [2.24, 2.45) is 0 Å². The molecule has 0 radical (unpaired) electrons. The molecule has 0 atom stereocenters. The fourth-order valence-electron chi connectivity index (χ4n) is 4.48. The first-order valence-electron chi connectivity index (χ1n) is 12.2. The van der Waals surface area contributed by atoms with E-state index >= 15 is 0 Å². The molecule has 1 N–H and O–H groups in total. The minimum atomic E-state index is -3.99. The van der Waals surface area contributed by atoms with E-state index in [0.717, 1.165) is 35.1 Å². The summed E-state index contributed by atoms with van der Waals surface area (Å²) in [5.74, 6) is -0.379. The van der Waals surface area contributed by atoms with E-state index < -0.39 is 10.0 Å². The number of likely N-dealkylation sites (tertiary alicyclic amines) is 1. The second-order valence-electron chi connectivity index (χ2n) is 9.28. The fraction of sp³-hybridized carbons (Fsp3) is 0.321. The Kier molecular flexibility index (Phi) is 8.34. The van der Waals surface area contributed by atoms with Crippen LogP contribution in [0.2, 0.25) is 5.02 Å². The highest BCUT2D eigenvalue weighted by molar-refractivity contribution is 7.92. The van der Waals surface area contributed by atoms with Gasteiger partial charge >= 0.3 is 0 Å². The van der Waals surface area contributed by atoms with Crippen LogP contribution in [0.25, 0.3) is 0 Å². The summed E-state index contributed by atoms with van der Waals surface area (Å²) in [5.41, 5.74) is 4.26. The van der Waals surface area contributed by atoms with Crippen molar-refractivity contribution in [1.29, 1.82) is 0 Å². The standard InChI is InChI=1S/C28H32ClN3O3S/c1-21-9-12-26(13-10-21)36(34,35)32(27-14-11-25(29)17-22(27)2)20-28(33)30-18-23-7-3-4-8-24(23)19-31-15-5-6-16-31/h3-4,7-14,17H,5-6,15-16,18-20H2,1-2H3,(H,30,33). The van der Waals surface area contributed by atoms with Gasteiger partial charge in [-0.2, -0.15) is 0 Å². The lowest BCUT2D eigenvalue weighted by atomic mass is 10.1. The molecule has 1 fully saturated rings. The largest absolute Gasteiger partial charge is 0.350 e. The van der Waals surface area contributed by atoms with Crippen molar-refractivity contribution in [3.8, 4) is 0 Å². The number of carbonyl (C=O) groups is 1. The lowest BCUT2D eigenvalue weighted by molar-refractivity contribution is -0.119. The highest BCUT2D eigenvalue weighted by Crippen LogP contribution is 2.29. The fourth-order valence-corrected chi connectivity index (χ4v) is 6.19. The normalized spacial score (nSPS) is 14.1. The number of aryl methyl sites for hydroxylation is 2. The number of halogens is 1. The Labute approximate surface area is 218 Å². The number of sulfonamides is 1. The van der Waals surface area contributed by atoms with Crippen LogP contribution in [0.1, 0.15) is 35.1 Å². The van der Waals surface area contributed by atoms with Crippen LogP contribution < -0.4 is 9.62 Å². The van der Waals surface area contributed by atoms with Crippen LogP contribution in [0.3, 0.4) is 0 Å². The second-order valence-corrected chi connectivity index (χ2v) is 11.6. The van der Waals surface area contributed by atoms with Crippen LogP contribution in [0.15, 0.2) is 71.6 Å².